The molecule has 0 aromatic heterocycles. The van der Waals surface area contributed by atoms with Crippen LogP contribution in [0.25, 0.3) is 6.08 Å². The first kappa shape index (κ1) is 20.7. The van der Waals surface area contributed by atoms with Crippen LogP contribution in [0.5, 0.6) is 0 Å². The summed E-state index contributed by atoms with van der Waals surface area (Å²) in [6.45, 7) is 3.89. The van der Waals surface area contributed by atoms with E-state index in [1.807, 2.05) is 30.3 Å². The minimum Gasteiger partial charge on any atom is -0.367 e. The van der Waals surface area contributed by atoms with Gasteiger partial charge in [0.05, 0.1) is 0 Å². The molecule has 2 aromatic rings. The number of hydrogen-bond acceptors (Lipinski definition) is 3. The van der Waals surface area contributed by atoms with E-state index in [0.29, 0.717) is 0 Å². The topological polar surface area (TPSA) is 56.1 Å². The van der Waals surface area contributed by atoms with Crippen molar-refractivity contribution < 1.29 is 4.79 Å². The molecule has 0 unspecified atom stereocenters. The predicted molar refractivity (Wildman–Crippen MR) is 118 cm³/mol. The molecule has 1 fully saturated rings. The lowest BCUT2D eigenvalue weighted by molar-refractivity contribution is -0.117. The minimum atomic E-state index is -0.261. The summed E-state index contributed by atoms with van der Waals surface area (Å²) in [5.74, 6) is -0.261. The number of benzene rings is 2. The Bertz CT molecular complexity index is 859. The monoisotopic (exact) mass is 387 g/mol. The van der Waals surface area contributed by atoms with Gasteiger partial charge >= 0.3 is 0 Å². The van der Waals surface area contributed by atoms with Crippen molar-refractivity contribution in [3.63, 3.8) is 0 Å². The van der Waals surface area contributed by atoms with Gasteiger partial charge in [-0.25, -0.2) is 0 Å². The van der Waals surface area contributed by atoms with Gasteiger partial charge in [-0.3, -0.25) is 4.79 Å². The standard InChI is InChI=1S/C25H29N3O/c1-2-28(19-21-9-5-3-6-10-21)24-15-13-20(14-16-24)17-22(18-26)25(29)27-23-11-7-4-8-12-23/h3,5-6,9-10,13-17,23H,2,4,7-8,11-12,19H2,1H3,(H,27,29)/b22-17+. The molecule has 3 rings (SSSR count). The lowest BCUT2D eigenvalue weighted by Crippen LogP contribution is -2.36. The van der Waals surface area contributed by atoms with E-state index in [2.05, 4.69) is 47.5 Å². The third kappa shape index (κ3) is 5.96. The summed E-state index contributed by atoms with van der Waals surface area (Å²) in [6.07, 6.45) is 7.22. The summed E-state index contributed by atoms with van der Waals surface area (Å²) in [5, 5.41) is 12.5. The summed E-state index contributed by atoms with van der Waals surface area (Å²) in [6, 6.07) is 20.7. The molecule has 0 aliphatic heterocycles. The van der Waals surface area contributed by atoms with Gasteiger partial charge in [0, 0.05) is 24.8 Å². The third-order valence-electron chi connectivity index (χ3n) is 5.47. The zero-order valence-electron chi connectivity index (χ0n) is 17.1. The average Bonchev–Trinajstić information content (AvgIpc) is 2.77. The lowest BCUT2D eigenvalue weighted by atomic mass is 9.95. The fraction of sp³-hybridized carbons (Fsp3) is 0.360. The fourth-order valence-corrected chi connectivity index (χ4v) is 3.80. The number of rotatable bonds is 7. The second kappa shape index (κ2) is 10.5. The molecule has 0 heterocycles. The molecule has 0 spiro atoms. The Morgan fingerprint density at radius 2 is 1.79 bits per heavy atom. The summed E-state index contributed by atoms with van der Waals surface area (Å²) >= 11 is 0. The van der Waals surface area contributed by atoms with E-state index in [-0.39, 0.29) is 17.5 Å². The lowest BCUT2D eigenvalue weighted by Gasteiger charge is -2.23. The van der Waals surface area contributed by atoms with Crippen molar-refractivity contribution in [2.45, 2.75) is 51.6 Å². The fourth-order valence-electron chi connectivity index (χ4n) is 3.80. The molecular weight excluding hydrogens is 358 g/mol. The smallest absolute Gasteiger partial charge is 0.262 e. The van der Waals surface area contributed by atoms with Gasteiger partial charge in [-0.15, -0.1) is 0 Å². The van der Waals surface area contributed by atoms with Crippen molar-refractivity contribution in [1.29, 1.82) is 5.26 Å². The highest BCUT2D eigenvalue weighted by atomic mass is 16.1. The highest BCUT2D eigenvalue weighted by Crippen LogP contribution is 2.20. The normalized spacial score (nSPS) is 14.8. The number of nitrogens with zero attached hydrogens (tertiary/aromatic N) is 2. The maximum atomic E-state index is 12.5. The molecule has 0 saturated heterocycles. The highest BCUT2D eigenvalue weighted by Gasteiger charge is 2.18. The molecule has 1 aliphatic carbocycles. The van der Waals surface area contributed by atoms with Crippen LogP contribution in [0, 0.1) is 11.3 Å². The van der Waals surface area contributed by atoms with Crippen LogP contribution < -0.4 is 10.2 Å². The molecule has 1 saturated carbocycles. The van der Waals surface area contributed by atoms with E-state index in [0.717, 1.165) is 50.0 Å². The summed E-state index contributed by atoms with van der Waals surface area (Å²) in [4.78, 5) is 14.8. The largest absolute Gasteiger partial charge is 0.367 e. The number of carbonyl (C=O) groups excluding carboxylic acids is 1. The van der Waals surface area contributed by atoms with Gasteiger partial charge < -0.3 is 10.2 Å². The summed E-state index contributed by atoms with van der Waals surface area (Å²) < 4.78 is 0. The van der Waals surface area contributed by atoms with Crippen molar-refractivity contribution in [3.8, 4) is 6.07 Å². The Balaban J connectivity index is 1.67. The van der Waals surface area contributed by atoms with Gasteiger partial charge in [0.1, 0.15) is 11.6 Å². The van der Waals surface area contributed by atoms with Crippen molar-refractivity contribution in [1.82, 2.24) is 5.32 Å². The Morgan fingerprint density at radius 1 is 1.10 bits per heavy atom. The van der Waals surface area contributed by atoms with Crippen molar-refractivity contribution >= 4 is 17.7 Å². The molecule has 0 atom stereocenters. The Labute approximate surface area is 173 Å². The third-order valence-corrected chi connectivity index (χ3v) is 5.47. The second-order valence-electron chi connectivity index (χ2n) is 7.57. The molecule has 4 nitrogen and oxygen atoms in total. The van der Waals surface area contributed by atoms with Gasteiger partial charge in [-0.05, 0) is 49.1 Å². The average molecular weight is 388 g/mol. The zero-order valence-corrected chi connectivity index (χ0v) is 17.1. The molecule has 0 radical (unpaired) electrons. The van der Waals surface area contributed by atoms with Crippen LogP contribution in [0.2, 0.25) is 0 Å². The molecule has 2 aromatic carbocycles. The molecular formula is C25H29N3O. The molecule has 0 bridgehead atoms. The van der Waals surface area contributed by atoms with Crippen LogP contribution in [0.1, 0.15) is 50.2 Å². The number of anilines is 1. The maximum Gasteiger partial charge on any atom is 0.262 e. The second-order valence-corrected chi connectivity index (χ2v) is 7.57. The Kier molecular flexibility index (Phi) is 7.47. The van der Waals surface area contributed by atoms with Gasteiger partial charge in [0.25, 0.3) is 5.91 Å². The SMILES string of the molecule is CCN(Cc1ccccc1)c1ccc(/C=C(\C#N)C(=O)NC2CCCCC2)cc1. The van der Waals surface area contributed by atoms with E-state index in [1.54, 1.807) is 6.08 Å². The summed E-state index contributed by atoms with van der Waals surface area (Å²) in [7, 11) is 0. The van der Waals surface area contributed by atoms with Gasteiger partial charge in [-0.1, -0.05) is 61.7 Å². The number of hydrogen-bond donors (Lipinski definition) is 1. The van der Waals surface area contributed by atoms with Gasteiger partial charge in [-0.2, -0.15) is 5.26 Å². The van der Waals surface area contributed by atoms with Crippen LogP contribution in [0.3, 0.4) is 0 Å². The molecule has 1 amide bonds. The van der Waals surface area contributed by atoms with E-state index >= 15 is 0 Å². The molecule has 1 aliphatic rings. The maximum absolute atomic E-state index is 12.5. The minimum absolute atomic E-state index is 0.167. The van der Waals surface area contributed by atoms with Crippen molar-refractivity contribution in [3.05, 3.63) is 71.3 Å². The van der Waals surface area contributed by atoms with Gasteiger partial charge in [0.2, 0.25) is 0 Å². The van der Waals surface area contributed by atoms with Crippen LogP contribution in [-0.4, -0.2) is 18.5 Å². The van der Waals surface area contributed by atoms with E-state index in [1.165, 1.54) is 12.0 Å². The van der Waals surface area contributed by atoms with Crippen LogP contribution in [0.4, 0.5) is 5.69 Å². The first-order valence-electron chi connectivity index (χ1n) is 10.5. The number of carbonyl (C=O) groups is 1. The number of amides is 1. The molecule has 1 N–H and O–H groups in total. The van der Waals surface area contributed by atoms with Crippen molar-refractivity contribution in [2.24, 2.45) is 0 Å². The van der Waals surface area contributed by atoms with Crippen LogP contribution in [-0.2, 0) is 11.3 Å². The first-order valence-corrected chi connectivity index (χ1v) is 10.5. The first-order chi connectivity index (χ1) is 14.2. The van der Waals surface area contributed by atoms with Gasteiger partial charge in [0.15, 0.2) is 0 Å². The molecule has 29 heavy (non-hydrogen) atoms. The van der Waals surface area contributed by atoms with E-state index < -0.39 is 0 Å². The Morgan fingerprint density at radius 3 is 2.41 bits per heavy atom. The Hall–Kier alpha value is -3.06. The number of nitriles is 1. The number of nitrogens with one attached hydrogen (secondary N) is 1. The van der Waals surface area contributed by atoms with Crippen LogP contribution in [0.15, 0.2) is 60.2 Å². The van der Waals surface area contributed by atoms with E-state index in [9.17, 15) is 10.1 Å². The zero-order chi connectivity index (χ0) is 20.5. The highest BCUT2D eigenvalue weighted by molar-refractivity contribution is 6.01. The quantitative estimate of drug-likeness (QED) is 0.533. The molecule has 150 valence electrons. The predicted octanol–water partition coefficient (Wildman–Crippen LogP) is 5.07. The van der Waals surface area contributed by atoms with Crippen LogP contribution >= 0.6 is 0 Å². The molecule has 4 heteroatoms. The van der Waals surface area contributed by atoms with E-state index in [4.69, 9.17) is 0 Å². The summed E-state index contributed by atoms with van der Waals surface area (Å²) in [5.41, 5.74) is 3.42. The van der Waals surface area contributed by atoms with Crippen molar-refractivity contribution in [2.75, 3.05) is 11.4 Å².